The second kappa shape index (κ2) is 7.17. The van der Waals surface area contributed by atoms with Gasteiger partial charge in [0.1, 0.15) is 5.72 Å². The molecule has 2 atom stereocenters. The molecule has 0 unspecified atom stereocenters. The maximum absolute atomic E-state index is 11.9. The van der Waals surface area contributed by atoms with Gasteiger partial charge in [0.15, 0.2) is 0 Å². The first kappa shape index (κ1) is 19.7. The molecule has 156 valence electrons. The van der Waals surface area contributed by atoms with Gasteiger partial charge in [-0.05, 0) is 57.9 Å². The highest BCUT2D eigenvalue weighted by Crippen LogP contribution is 2.47. The van der Waals surface area contributed by atoms with Crippen molar-refractivity contribution in [2.24, 2.45) is 0 Å². The van der Waals surface area contributed by atoms with E-state index in [0.717, 1.165) is 17.2 Å². The molecule has 0 spiro atoms. The monoisotopic (exact) mass is 423 g/mol. The number of rotatable bonds is 5. The molecule has 0 bridgehead atoms. The molecule has 2 N–H and O–H groups in total. The van der Waals surface area contributed by atoms with Gasteiger partial charge >= 0.3 is 0 Å². The van der Waals surface area contributed by atoms with Crippen LogP contribution in [0.4, 0.5) is 0 Å². The molecule has 1 fully saturated rings. The Morgan fingerprint density at radius 1 is 1.03 bits per heavy atom. The van der Waals surface area contributed by atoms with Gasteiger partial charge < -0.3 is 5.11 Å². The summed E-state index contributed by atoms with van der Waals surface area (Å²) < 4.78 is 29.3. The van der Waals surface area contributed by atoms with Crippen molar-refractivity contribution in [3.63, 3.8) is 0 Å². The van der Waals surface area contributed by atoms with Crippen molar-refractivity contribution in [3.8, 4) is 22.3 Å². The Morgan fingerprint density at radius 2 is 1.73 bits per heavy atom. The van der Waals surface area contributed by atoms with E-state index in [1.54, 1.807) is 0 Å². The highest BCUT2D eigenvalue weighted by molar-refractivity contribution is 7.86. The van der Waals surface area contributed by atoms with Gasteiger partial charge in [0.25, 0.3) is 10.1 Å². The zero-order valence-electron chi connectivity index (χ0n) is 16.9. The van der Waals surface area contributed by atoms with E-state index in [9.17, 15) is 13.5 Å². The molecule has 3 aromatic rings. The molecule has 0 heterocycles. The first-order chi connectivity index (χ1) is 14.4. The minimum Gasteiger partial charge on any atom is -0.393 e. The van der Waals surface area contributed by atoms with E-state index in [4.69, 9.17) is 4.18 Å². The van der Waals surface area contributed by atoms with E-state index in [1.807, 2.05) is 0 Å². The van der Waals surface area contributed by atoms with E-state index in [2.05, 4.69) is 59.9 Å². The molecule has 0 aliphatic heterocycles. The second-order valence-electron chi connectivity index (χ2n) is 8.43. The van der Waals surface area contributed by atoms with Gasteiger partial charge in [-0.1, -0.05) is 54.6 Å². The van der Waals surface area contributed by atoms with E-state index < -0.39 is 21.9 Å². The van der Waals surface area contributed by atoms with Crippen molar-refractivity contribution in [2.75, 3.05) is 6.26 Å². The third-order valence-corrected chi connectivity index (χ3v) is 6.86. The Morgan fingerprint density at radius 3 is 2.43 bits per heavy atom. The molecule has 5 nitrogen and oxygen atoms in total. The molecule has 5 rings (SSSR count). The zero-order chi connectivity index (χ0) is 20.9. The fourth-order valence-electron chi connectivity index (χ4n) is 5.04. The van der Waals surface area contributed by atoms with Crippen LogP contribution in [-0.2, 0) is 20.8 Å². The fourth-order valence-corrected chi connectivity index (χ4v) is 5.83. The lowest BCUT2D eigenvalue weighted by Crippen LogP contribution is -2.52. The Kier molecular flexibility index (Phi) is 4.71. The Bertz CT molecular complexity index is 1210. The summed E-state index contributed by atoms with van der Waals surface area (Å²) in [6, 6.07) is 19.0. The van der Waals surface area contributed by atoms with Gasteiger partial charge in [-0.2, -0.15) is 8.42 Å². The number of hydrogen-bond acceptors (Lipinski definition) is 5. The van der Waals surface area contributed by atoms with E-state index in [1.165, 1.54) is 27.6 Å². The molecule has 6 heteroatoms. The summed E-state index contributed by atoms with van der Waals surface area (Å²) in [7, 11) is -3.67. The minimum atomic E-state index is -3.67. The number of hydrogen-bond donors (Lipinski definition) is 2. The van der Waals surface area contributed by atoms with Crippen LogP contribution in [0.15, 0.2) is 54.6 Å². The van der Waals surface area contributed by atoms with Crippen LogP contribution in [0.5, 0.6) is 0 Å². The van der Waals surface area contributed by atoms with Crippen molar-refractivity contribution in [1.29, 1.82) is 0 Å². The van der Waals surface area contributed by atoms with Crippen LogP contribution in [0, 0.1) is 0 Å². The van der Waals surface area contributed by atoms with Crippen molar-refractivity contribution in [3.05, 3.63) is 60.2 Å². The predicted molar refractivity (Wildman–Crippen MR) is 118 cm³/mol. The molecule has 0 saturated heterocycles. The van der Waals surface area contributed by atoms with Crippen LogP contribution in [0.1, 0.15) is 31.2 Å². The van der Waals surface area contributed by atoms with Gasteiger partial charge in [-0.3, -0.25) is 5.32 Å². The molecule has 1 saturated carbocycles. The average Bonchev–Trinajstić information content (AvgIpc) is 3.02. The van der Waals surface area contributed by atoms with Crippen LogP contribution in [0.3, 0.4) is 0 Å². The third kappa shape index (κ3) is 3.44. The van der Waals surface area contributed by atoms with Crippen LogP contribution in [0.25, 0.3) is 33.0 Å². The van der Waals surface area contributed by atoms with Gasteiger partial charge in [0.05, 0.1) is 12.4 Å². The smallest absolute Gasteiger partial charge is 0.266 e. The zero-order valence-corrected chi connectivity index (χ0v) is 17.7. The van der Waals surface area contributed by atoms with Crippen molar-refractivity contribution >= 4 is 20.9 Å². The van der Waals surface area contributed by atoms with E-state index in [-0.39, 0.29) is 6.42 Å². The maximum Gasteiger partial charge on any atom is 0.266 e. The Balaban J connectivity index is 1.52. The molecule has 0 amide bonds. The molecule has 3 aromatic carbocycles. The second-order valence-corrected chi connectivity index (χ2v) is 10.0. The summed E-state index contributed by atoms with van der Waals surface area (Å²) in [6.07, 6.45) is 2.67. The quantitative estimate of drug-likeness (QED) is 0.372. The molecular formula is C24H25NO4S. The number of benzene rings is 3. The molecule has 0 radical (unpaired) electrons. The lowest BCUT2D eigenvalue weighted by Gasteiger charge is -2.39. The maximum atomic E-state index is 11.9. The number of fused-ring (bicyclic) bond motifs is 3. The number of nitrogens with one attached hydrogen (secondary N) is 1. The molecular weight excluding hydrogens is 398 g/mol. The van der Waals surface area contributed by atoms with Gasteiger partial charge in [0, 0.05) is 13.0 Å². The number of aliphatic hydroxyl groups excluding tert-OH is 1. The SMILES string of the molecule is CS(=O)(=O)O[C@@]1(NCc2ccc3c4c(cccc24)-c2ccccc2-3)CCC[C@H](O)C1. The highest BCUT2D eigenvalue weighted by Gasteiger charge is 2.39. The van der Waals surface area contributed by atoms with E-state index >= 15 is 0 Å². The Labute approximate surface area is 176 Å². The predicted octanol–water partition coefficient (Wildman–Crippen LogP) is 4.18. The molecule has 2 aliphatic carbocycles. The summed E-state index contributed by atoms with van der Waals surface area (Å²) >= 11 is 0. The first-order valence-electron chi connectivity index (χ1n) is 10.3. The average molecular weight is 424 g/mol. The Hall–Kier alpha value is -2.25. The van der Waals surface area contributed by atoms with Crippen LogP contribution < -0.4 is 5.32 Å². The van der Waals surface area contributed by atoms with Crippen molar-refractivity contribution in [1.82, 2.24) is 5.32 Å². The summed E-state index contributed by atoms with van der Waals surface area (Å²) in [5.74, 6) is 0. The fraction of sp³-hybridized carbons (Fsp3) is 0.333. The van der Waals surface area contributed by atoms with Crippen molar-refractivity contribution in [2.45, 2.75) is 44.1 Å². The summed E-state index contributed by atoms with van der Waals surface area (Å²) in [6.45, 7) is 0.457. The number of aliphatic hydroxyl groups is 1. The van der Waals surface area contributed by atoms with Gasteiger partial charge in [-0.15, -0.1) is 0 Å². The first-order valence-corrected chi connectivity index (χ1v) is 12.1. The lowest BCUT2D eigenvalue weighted by atomic mass is 9.89. The van der Waals surface area contributed by atoms with Crippen LogP contribution >= 0.6 is 0 Å². The normalized spacial score (nSPS) is 22.9. The third-order valence-electron chi connectivity index (χ3n) is 6.23. The summed E-state index contributed by atoms with van der Waals surface area (Å²) in [5, 5.41) is 15.9. The largest absolute Gasteiger partial charge is 0.393 e. The van der Waals surface area contributed by atoms with Gasteiger partial charge in [0.2, 0.25) is 0 Å². The van der Waals surface area contributed by atoms with Gasteiger partial charge in [-0.25, -0.2) is 4.18 Å². The van der Waals surface area contributed by atoms with Crippen LogP contribution in [0.2, 0.25) is 0 Å². The standard InChI is InChI=1S/C24H25NO4S/c1-30(27,28)29-24(13-5-6-17(26)14-24)25-15-16-11-12-22-20-8-3-2-7-19(20)21-10-4-9-18(16)23(21)22/h2-4,7-12,17,25-26H,5-6,13-15H2,1H3/t17-,24-/m0/s1. The molecule has 2 aliphatic rings. The van der Waals surface area contributed by atoms with Crippen LogP contribution in [-0.4, -0.2) is 31.6 Å². The van der Waals surface area contributed by atoms with Crippen molar-refractivity contribution < 1.29 is 17.7 Å². The highest BCUT2D eigenvalue weighted by atomic mass is 32.2. The minimum absolute atomic E-state index is 0.257. The molecule has 30 heavy (non-hydrogen) atoms. The summed E-state index contributed by atoms with van der Waals surface area (Å²) in [5.41, 5.74) is 4.97. The lowest BCUT2D eigenvalue weighted by molar-refractivity contribution is -0.0456. The summed E-state index contributed by atoms with van der Waals surface area (Å²) in [4.78, 5) is 0. The van der Waals surface area contributed by atoms with E-state index in [0.29, 0.717) is 25.8 Å². The molecule has 0 aromatic heterocycles. The topological polar surface area (TPSA) is 75.6 Å².